The lowest BCUT2D eigenvalue weighted by atomic mass is 10.1. The molecule has 0 aliphatic carbocycles. The van der Waals surface area contributed by atoms with Crippen LogP contribution in [0.15, 0.2) is 18.2 Å². The van der Waals surface area contributed by atoms with E-state index in [9.17, 15) is 4.39 Å². The Morgan fingerprint density at radius 1 is 1.33 bits per heavy atom. The van der Waals surface area contributed by atoms with Crippen LogP contribution in [0.25, 0.3) is 11.3 Å². The topological polar surface area (TPSA) is 51.8 Å². The Morgan fingerprint density at radius 3 is 2.67 bits per heavy atom. The molecule has 0 saturated heterocycles. The zero-order valence-corrected chi connectivity index (χ0v) is 10.9. The summed E-state index contributed by atoms with van der Waals surface area (Å²) >= 11 is 5.78. The third kappa shape index (κ3) is 2.29. The number of aryl methyl sites for hydroxylation is 1. The lowest BCUT2D eigenvalue weighted by Gasteiger charge is -2.10. The normalized spacial score (nSPS) is 10.7. The molecule has 0 radical (unpaired) electrons. The zero-order valence-electron chi connectivity index (χ0n) is 10.2. The molecular formula is C13H13ClFN3. The van der Waals surface area contributed by atoms with Gasteiger partial charge in [-0.2, -0.15) is 0 Å². The van der Waals surface area contributed by atoms with Gasteiger partial charge in [-0.05, 0) is 25.1 Å². The van der Waals surface area contributed by atoms with E-state index in [4.69, 9.17) is 17.3 Å². The fourth-order valence-electron chi connectivity index (χ4n) is 1.66. The van der Waals surface area contributed by atoms with Crippen LogP contribution in [0.3, 0.4) is 0 Å². The van der Waals surface area contributed by atoms with Gasteiger partial charge in [-0.15, -0.1) is 0 Å². The average molecular weight is 266 g/mol. The fourth-order valence-corrected chi connectivity index (χ4v) is 1.85. The van der Waals surface area contributed by atoms with Crippen molar-refractivity contribution in [3.8, 4) is 11.3 Å². The highest BCUT2D eigenvalue weighted by Gasteiger charge is 2.11. The van der Waals surface area contributed by atoms with E-state index in [0.717, 1.165) is 11.1 Å². The van der Waals surface area contributed by atoms with Gasteiger partial charge in [0, 0.05) is 17.5 Å². The van der Waals surface area contributed by atoms with Crippen molar-refractivity contribution in [1.82, 2.24) is 9.97 Å². The number of hydrogen-bond donors (Lipinski definition) is 1. The lowest BCUT2D eigenvalue weighted by molar-refractivity contribution is 0.628. The van der Waals surface area contributed by atoms with Gasteiger partial charge in [0.2, 0.25) is 0 Å². The summed E-state index contributed by atoms with van der Waals surface area (Å²) in [5, 5.41) is 0.0714. The number of rotatable bonds is 2. The first kappa shape index (κ1) is 12.8. The second kappa shape index (κ2) is 4.90. The third-order valence-electron chi connectivity index (χ3n) is 2.74. The van der Waals surface area contributed by atoms with Crippen LogP contribution in [0, 0.1) is 12.7 Å². The number of hydrogen-bond acceptors (Lipinski definition) is 3. The van der Waals surface area contributed by atoms with Gasteiger partial charge in [0.25, 0.3) is 0 Å². The molecule has 0 bridgehead atoms. The monoisotopic (exact) mass is 265 g/mol. The van der Waals surface area contributed by atoms with E-state index in [1.807, 2.05) is 13.8 Å². The Kier molecular flexibility index (Phi) is 3.48. The molecule has 0 aliphatic heterocycles. The van der Waals surface area contributed by atoms with Crippen LogP contribution < -0.4 is 5.73 Å². The SMILES string of the molecule is CCc1nc(N)c(C)c(-c2ccc(F)c(Cl)c2)n1. The molecule has 0 amide bonds. The molecule has 0 atom stereocenters. The molecule has 0 aliphatic rings. The molecule has 5 heteroatoms. The van der Waals surface area contributed by atoms with Gasteiger partial charge in [-0.25, -0.2) is 14.4 Å². The van der Waals surface area contributed by atoms with Crippen LogP contribution >= 0.6 is 11.6 Å². The smallest absolute Gasteiger partial charge is 0.141 e. The predicted octanol–water partition coefficient (Wildman–Crippen LogP) is 3.39. The second-order valence-electron chi connectivity index (χ2n) is 3.98. The molecule has 18 heavy (non-hydrogen) atoms. The van der Waals surface area contributed by atoms with Crippen molar-refractivity contribution >= 4 is 17.4 Å². The van der Waals surface area contributed by atoms with Gasteiger partial charge >= 0.3 is 0 Å². The van der Waals surface area contributed by atoms with Gasteiger partial charge in [-0.3, -0.25) is 0 Å². The van der Waals surface area contributed by atoms with Crippen LogP contribution in [-0.2, 0) is 6.42 Å². The molecular weight excluding hydrogens is 253 g/mol. The molecule has 2 aromatic rings. The van der Waals surface area contributed by atoms with Crippen molar-refractivity contribution in [3.05, 3.63) is 40.4 Å². The summed E-state index contributed by atoms with van der Waals surface area (Å²) in [7, 11) is 0. The zero-order chi connectivity index (χ0) is 13.3. The van der Waals surface area contributed by atoms with E-state index >= 15 is 0 Å². The molecule has 2 N–H and O–H groups in total. The summed E-state index contributed by atoms with van der Waals surface area (Å²) in [5.41, 5.74) is 8.05. The highest BCUT2D eigenvalue weighted by molar-refractivity contribution is 6.31. The maximum atomic E-state index is 13.2. The van der Waals surface area contributed by atoms with Crippen molar-refractivity contribution < 1.29 is 4.39 Å². The van der Waals surface area contributed by atoms with E-state index in [-0.39, 0.29) is 5.02 Å². The highest BCUT2D eigenvalue weighted by Crippen LogP contribution is 2.27. The molecule has 1 aromatic carbocycles. The molecule has 0 unspecified atom stereocenters. The van der Waals surface area contributed by atoms with Gasteiger partial charge < -0.3 is 5.73 Å². The molecule has 3 nitrogen and oxygen atoms in total. The van der Waals surface area contributed by atoms with Crippen LogP contribution in [0.2, 0.25) is 5.02 Å². The second-order valence-corrected chi connectivity index (χ2v) is 4.39. The number of halogens is 2. The van der Waals surface area contributed by atoms with Crippen molar-refractivity contribution in [2.45, 2.75) is 20.3 Å². The quantitative estimate of drug-likeness (QED) is 0.906. The summed E-state index contributed by atoms with van der Waals surface area (Å²) in [6.45, 7) is 3.78. The molecule has 0 spiro atoms. The molecule has 2 rings (SSSR count). The maximum Gasteiger partial charge on any atom is 0.141 e. The number of aromatic nitrogens is 2. The molecule has 0 saturated carbocycles. The molecule has 1 aromatic heterocycles. The first-order chi connectivity index (χ1) is 8.52. The Balaban J connectivity index is 2.62. The summed E-state index contributed by atoms with van der Waals surface area (Å²) in [6, 6.07) is 4.50. The van der Waals surface area contributed by atoms with Crippen LogP contribution in [0.5, 0.6) is 0 Å². The largest absolute Gasteiger partial charge is 0.383 e. The minimum Gasteiger partial charge on any atom is -0.383 e. The fraction of sp³-hybridized carbons (Fsp3) is 0.231. The van der Waals surface area contributed by atoms with Gasteiger partial charge in [-0.1, -0.05) is 18.5 Å². The number of nitrogen functional groups attached to an aromatic ring is 1. The van der Waals surface area contributed by atoms with E-state index in [1.165, 1.54) is 6.07 Å². The van der Waals surface area contributed by atoms with Crippen LogP contribution in [0.1, 0.15) is 18.3 Å². The summed E-state index contributed by atoms with van der Waals surface area (Å²) in [5.74, 6) is 0.654. The molecule has 1 heterocycles. The van der Waals surface area contributed by atoms with Crippen molar-refractivity contribution in [2.75, 3.05) is 5.73 Å². The Hall–Kier alpha value is -1.68. The minimum atomic E-state index is -0.448. The van der Waals surface area contributed by atoms with Gasteiger partial charge in [0.15, 0.2) is 0 Å². The Bertz CT molecular complexity index is 599. The van der Waals surface area contributed by atoms with Crippen LogP contribution in [0.4, 0.5) is 10.2 Å². The Labute approximate surface area is 110 Å². The Morgan fingerprint density at radius 2 is 2.06 bits per heavy atom. The summed E-state index contributed by atoms with van der Waals surface area (Å²) in [4.78, 5) is 8.60. The summed E-state index contributed by atoms with van der Waals surface area (Å²) < 4.78 is 13.2. The number of nitrogens with two attached hydrogens (primary N) is 1. The number of nitrogens with zero attached hydrogens (tertiary/aromatic N) is 2. The van der Waals surface area contributed by atoms with E-state index in [2.05, 4.69) is 9.97 Å². The predicted molar refractivity (Wildman–Crippen MR) is 71.0 cm³/mol. The maximum absolute atomic E-state index is 13.2. The van der Waals surface area contributed by atoms with Crippen molar-refractivity contribution in [3.63, 3.8) is 0 Å². The summed E-state index contributed by atoms with van der Waals surface area (Å²) in [6.07, 6.45) is 0.687. The number of anilines is 1. The van der Waals surface area contributed by atoms with Crippen molar-refractivity contribution in [2.24, 2.45) is 0 Å². The third-order valence-corrected chi connectivity index (χ3v) is 3.03. The van der Waals surface area contributed by atoms with E-state index in [1.54, 1.807) is 12.1 Å². The molecule has 0 fully saturated rings. The first-order valence-corrected chi connectivity index (χ1v) is 5.99. The van der Waals surface area contributed by atoms with Gasteiger partial charge in [0.1, 0.15) is 17.5 Å². The average Bonchev–Trinajstić information content (AvgIpc) is 2.36. The molecule has 94 valence electrons. The van der Waals surface area contributed by atoms with E-state index in [0.29, 0.717) is 23.8 Å². The highest BCUT2D eigenvalue weighted by atomic mass is 35.5. The van der Waals surface area contributed by atoms with Crippen LogP contribution in [-0.4, -0.2) is 9.97 Å². The van der Waals surface area contributed by atoms with E-state index < -0.39 is 5.82 Å². The lowest BCUT2D eigenvalue weighted by Crippen LogP contribution is -2.04. The van der Waals surface area contributed by atoms with Gasteiger partial charge in [0.05, 0.1) is 10.7 Å². The first-order valence-electron chi connectivity index (χ1n) is 5.61. The minimum absolute atomic E-state index is 0.0714. The number of benzene rings is 1. The van der Waals surface area contributed by atoms with Crippen molar-refractivity contribution in [1.29, 1.82) is 0 Å². The standard InChI is InChI=1S/C13H13ClFN3/c1-3-11-17-12(7(2)13(16)18-11)8-4-5-10(15)9(14)6-8/h4-6H,3H2,1-2H3,(H2,16,17,18).